The summed E-state index contributed by atoms with van der Waals surface area (Å²) in [7, 11) is 1.68. The topological polar surface area (TPSA) is 64.7 Å². The van der Waals surface area contributed by atoms with Crippen molar-refractivity contribution < 1.29 is 14.6 Å². The van der Waals surface area contributed by atoms with E-state index >= 15 is 0 Å². The number of nitrogens with two attached hydrogens (primary N) is 1. The van der Waals surface area contributed by atoms with E-state index in [1.165, 1.54) is 31.2 Å². The normalized spacial score (nSPS) is 17.6. The maximum Gasteiger partial charge on any atom is 0.161 e. The van der Waals surface area contributed by atoms with Gasteiger partial charge in [0.25, 0.3) is 0 Å². The fourth-order valence-electron chi connectivity index (χ4n) is 3.59. The average molecular weight is 378 g/mol. The van der Waals surface area contributed by atoms with Crippen molar-refractivity contribution in [3.63, 3.8) is 0 Å². The van der Waals surface area contributed by atoms with Crippen LogP contribution in [-0.4, -0.2) is 30.5 Å². The van der Waals surface area contributed by atoms with Crippen LogP contribution in [0.25, 0.3) is 0 Å². The van der Waals surface area contributed by atoms with Gasteiger partial charge in [-0.25, -0.2) is 0 Å². The first-order valence-corrected chi connectivity index (χ1v) is 10.6. The molecule has 0 amide bonds. The predicted molar refractivity (Wildman–Crippen MR) is 111 cm³/mol. The molecular weight excluding hydrogens is 338 g/mol. The van der Waals surface area contributed by atoms with Crippen LogP contribution in [0.1, 0.15) is 71.3 Å². The van der Waals surface area contributed by atoms with Crippen molar-refractivity contribution in [2.24, 2.45) is 17.6 Å². The van der Waals surface area contributed by atoms with Gasteiger partial charge in [-0.3, -0.25) is 0 Å². The summed E-state index contributed by atoms with van der Waals surface area (Å²) in [5, 5.41) is 9.72. The number of hydrogen-bond donors (Lipinski definition) is 2. The van der Waals surface area contributed by atoms with Crippen molar-refractivity contribution >= 4 is 0 Å². The maximum atomic E-state index is 9.72. The summed E-state index contributed by atoms with van der Waals surface area (Å²) in [5.74, 6) is 3.03. The molecule has 1 aliphatic carbocycles. The van der Waals surface area contributed by atoms with Crippen LogP contribution in [0, 0.1) is 11.8 Å². The SMILES string of the molecule is COc1cc(CC[C@@](N)(CO)CC2CC2)ccc1OC(C)CCCC(C)C. The summed E-state index contributed by atoms with van der Waals surface area (Å²) >= 11 is 0. The second-order valence-corrected chi connectivity index (χ2v) is 8.91. The van der Waals surface area contributed by atoms with E-state index in [2.05, 4.69) is 26.8 Å². The summed E-state index contributed by atoms with van der Waals surface area (Å²) in [5.41, 5.74) is 7.12. The van der Waals surface area contributed by atoms with Gasteiger partial charge in [-0.05, 0) is 68.6 Å². The van der Waals surface area contributed by atoms with Gasteiger partial charge in [0.15, 0.2) is 11.5 Å². The van der Waals surface area contributed by atoms with Gasteiger partial charge in [-0.1, -0.05) is 39.2 Å². The molecule has 1 fully saturated rings. The number of rotatable bonds is 13. The molecule has 0 radical (unpaired) electrons. The van der Waals surface area contributed by atoms with Gasteiger partial charge >= 0.3 is 0 Å². The van der Waals surface area contributed by atoms with Crippen LogP contribution < -0.4 is 15.2 Å². The third-order valence-corrected chi connectivity index (χ3v) is 5.57. The van der Waals surface area contributed by atoms with Gasteiger partial charge in [-0.15, -0.1) is 0 Å². The van der Waals surface area contributed by atoms with Crippen molar-refractivity contribution in [2.75, 3.05) is 13.7 Å². The van der Waals surface area contributed by atoms with E-state index in [4.69, 9.17) is 15.2 Å². The third-order valence-electron chi connectivity index (χ3n) is 5.57. The quantitative estimate of drug-likeness (QED) is 0.522. The molecule has 1 unspecified atom stereocenters. The minimum absolute atomic E-state index is 0.0513. The highest BCUT2D eigenvalue weighted by molar-refractivity contribution is 5.43. The largest absolute Gasteiger partial charge is 0.493 e. The molecule has 1 aromatic carbocycles. The highest BCUT2D eigenvalue weighted by Gasteiger charge is 2.33. The highest BCUT2D eigenvalue weighted by atomic mass is 16.5. The Hall–Kier alpha value is -1.26. The molecule has 0 aromatic heterocycles. The third kappa shape index (κ3) is 7.71. The van der Waals surface area contributed by atoms with Gasteiger partial charge in [0.1, 0.15) is 0 Å². The molecule has 4 heteroatoms. The number of aliphatic hydroxyl groups excluding tert-OH is 1. The molecule has 2 atom stereocenters. The maximum absolute atomic E-state index is 9.72. The molecule has 0 saturated heterocycles. The molecule has 0 heterocycles. The first-order chi connectivity index (χ1) is 12.8. The summed E-state index contributed by atoms with van der Waals surface area (Å²) in [6.07, 6.45) is 8.71. The van der Waals surface area contributed by atoms with Crippen LogP contribution in [-0.2, 0) is 6.42 Å². The summed E-state index contributed by atoms with van der Waals surface area (Å²) < 4.78 is 11.7. The minimum Gasteiger partial charge on any atom is -0.493 e. The number of aliphatic hydroxyl groups is 1. The smallest absolute Gasteiger partial charge is 0.161 e. The number of hydrogen-bond acceptors (Lipinski definition) is 4. The molecule has 0 bridgehead atoms. The van der Waals surface area contributed by atoms with Crippen molar-refractivity contribution in [3.8, 4) is 11.5 Å². The Morgan fingerprint density at radius 3 is 2.52 bits per heavy atom. The molecule has 0 spiro atoms. The molecule has 1 aromatic rings. The van der Waals surface area contributed by atoms with Crippen LogP contribution in [0.4, 0.5) is 0 Å². The van der Waals surface area contributed by atoms with E-state index in [-0.39, 0.29) is 12.7 Å². The van der Waals surface area contributed by atoms with E-state index in [9.17, 15) is 5.11 Å². The molecule has 1 aliphatic rings. The van der Waals surface area contributed by atoms with Gasteiger partial charge < -0.3 is 20.3 Å². The zero-order valence-electron chi connectivity index (χ0n) is 17.7. The van der Waals surface area contributed by atoms with Crippen LogP contribution >= 0.6 is 0 Å². The zero-order valence-corrected chi connectivity index (χ0v) is 17.7. The van der Waals surface area contributed by atoms with Gasteiger partial charge in [-0.2, -0.15) is 0 Å². The first kappa shape index (κ1) is 22.0. The van der Waals surface area contributed by atoms with Crippen LogP contribution in [0.2, 0.25) is 0 Å². The van der Waals surface area contributed by atoms with Crippen molar-refractivity contribution in [1.29, 1.82) is 0 Å². The van der Waals surface area contributed by atoms with Crippen LogP contribution in [0.15, 0.2) is 18.2 Å². The number of aryl methyl sites for hydroxylation is 1. The van der Waals surface area contributed by atoms with Crippen LogP contribution in [0.3, 0.4) is 0 Å². The molecule has 3 N–H and O–H groups in total. The van der Waals surface area contributed by atoms with Crippen LogP contribution in [0.5, 0.6) is 11.5 Å². The second kappa shape index (κ2) is 10.3. The van der Waals surface area contributed by atoms with Crippen molar-refractivity contribution in [2.45, 2.75) is 83.8 Å². The number of methoxy groups -OCH3 is 1. The Bertz CT molecular complexity index is 571. The van der Waals surface area contributed by atoms with Gasteiger partial charge in [0.2, 0.25) is 0 Å². The number of benzene rings is 1. The van der Waals surface area contributed by atoms with Crippen molar-refractivity contribution in [1.82, 2.24) is 0 Å². The molecule has 27 heavy (non-hydrogen) atoms. The minimum atomic E-state index is -0.464. The fourth-order valence-corrected chi connectivity index (χ4v) is 3.59. The zero-order chi connectivity index (χ0) is 19.9. The lowest BCUT2D eigenvalue weighted by atomic mass is 9.88. The predicted octanol–water partition coefficient (Wildman–Crippen LogP) is 4.71. The molecular formula is C23H39NO3. The van der Waals surface area contributed by atoms with E-state index in [1.54, 1.807) is 7.11 Å². The van der Waals surface area contributed by atoms with E-state index in [1.807, 2.05) is 12.1 Å². The fraction of sp³-hybridized carbons (Fsp3) is 0.739. The second-order valence-electron chi connectivity index (χ2n) is 8.91. The molecule has 4 nitrogen and oxygen atoms in total. The van der Waals surface area contributed by atoms with Crippen molar-refractivity contribution in [3.05, 3.63) is 23.8 Å². The Balaban J connectivity index is 1.90. The lowest BCUT2D eigenvalue weighted by Gasteiger charge is -2.27. The lowest BCUT2D eigenvalue weighted by Crippen LogP contribution is -2.44. The summed E-state index contributed by atoms with van der Waals surface area (Å²) in [6, 6.07) is 6.14. The van der Waals surface area contributed by atoms with E-state index < -0.39 is 5.54 Å². The number of ether oxygens (including phenoxy) is 2. The highest BCUT2D eigenvalue weighted by Crippen LogP contribution is 2.37. The van der Waals surface area contributed by atoms with E-state index in [0.717, 1.165) is 43.1 Å². The van der Waals surface area contributed by atoms with Gasteiger partial charge in [0.05, 0.1) is 19.8 Å². The monoisotopic (exact) mass is 377 g/mol. The molecule has 1 saturated carbocycles. The standard InChI is InChI=1S/C23H39NO3/c1-17(2)6-5-7-18(3)27-21-11-10-19(14-22(21)26-4)12-13-23(24,16-25)15-20-8-9-20/h10-11,14,17-18,20,25H,5-9,12-13,15-16,24H2,1-4H3/t18?,23-/m0/s1. The molecule has 154 valence electrons. The molecule has 2 rings (SSSR count). The molecule has 0 aliphatic heterocycles. The Kier molecular flexibility index (Phi) is 8.43. The summed E-state index contributed by atoms with van der Waals surface area (Å²) in [4.78, 5) is 0. The lowest BCUT2D eigenvalue weighted by molar-refractivity contribution is 0.172. The Morgan fingerprint density at radius 2 is 1.93 bits per heavy atom. The Labute approximate surface area is 165 Å². The average Bonchev–Trinajstić information content (AvgIpc) is 3.44. The Morgan fingerprint density at radius 1 is 1.19 bits per heavy atom. The first-order valence-electron chi connectivity index (χ1n) is 10.6. The van der Waals surface area contributed by atoms with Gasteiger partial charge in [0, 0.05) is 5.54 Å². The summed E-state index contributed by atoms with van der Waals surface area (Å²) in [6.45, 7) is 6.68. The van der Waals surface area contributed by atoms with E-state index in [0.29, 0.717) is 5.92 Å².